The number of hydrogen-bond donors (Lipinski definition) is 1. The summed E-state index contributed by atoms with van der Waals surface area (Å²) in [6.07, 6.45) is 2.79. The van der Waals surface area contributed by atoms with Crippen LogP contribution in [0.3, 0.4) is 0 Å². The highest BCUT2D eigenvalue weighted by atomic mass is 19.4. The Labute approximate surface area is 114 Å². The molecule has 2 rings (SSSR count). The van der Waals surface area contributed by atoms with Gasteiger partial charge in [-0.3, -0.25) is 0 Å². The Balaban J connectivity index is 1.72. The van der Waals surface area contributed by atoms with Crippen molar-refractivity contribution >= 4 is 0 Å². The molecule has 1 N–H and O–H groups in total. The van der Waals surface area contributed by atoms with Crippen LogP contribution in [0, 0.1) is 11.3 Å². The van der Waals surface area contributed by atoms with Crippen LogP contribution in [-0.4, -0.2) is 18.3 Å². The molecule has 0 atom stereocenters. The third kappa shape index (κ3) is 4.37. The van der Waals surface area contributed by atoms with E-state index >= 15 is 0 Å². The largest absolute Gasteiger partial charge is 0.391 e. The zero-order chi connectivity index (χ0) is 14.1. The van der Waals surface area contributed by atoms with Gasteiger partial charge >= 0.3 is 6.18 Å². The molecular weight excluding hydrogens is 251 g/mol. The molecule has 2 fully saturated rings. The first-order chi connectivity index (χ1) is 8.76. The highest BCUT2D eigenvalue weighted by molar-refractivity contribution is 4.87. The predicted molar refractivity (Wildman–Crippen MR) is 71.0 cm³/mol. The Kier molecular flexibility index (Phi) is 4.49. The van der Waals surface area contributed by atoms with Crippen molar-refractivity contribution in [3.63, 3.8) is 0 Å². The molecule has 0 heterocycles. The zero-order valence-electron chi connectivity index (χ0n) is 12.0. The molecule has 4 heteroatoms. The normalized spacial score (nSPS) is 33.3. The van der Waals surface area contributed by atoms with Gasteiger partial charge in [0.25, 0.3) is 0 Å². The molecule has 0 spiro atoms. The molecule has 0 saturated heterocycles. The highest BCUT2D eigenvalue weighted by Crippen LogP contribution is 2.39. The van der Waals surface area contributed by atoms with Crippen molar-refractivity contribution in [2.24, 2.45) is 11.3 Å². The van der Waals surface area contributed by atoms with Crippen molar-refractivity contribution in [2.75, 3.05) is 0 Å². The van der Waals surface area contributed by atoms with Crippen molar-refractivity contribution < 1.29 is 13.2 Å². The fourth-order valence-corrected chi connectivity index (χ4v) is 3.49. The molecule has 2 aliphatic rings. The summed E-state index contributed by atoms with van der Waals surface area (Å²) in [7, 11) is 0. The number of alkyl halides is 3. The fourth-order valence-electron chi connectivity index (χ4n) is 3.49. The minimum atomic E-state index is -3.99. The molecule has 2 aliphatic carbocycles. The molecule has 0 bridgehead atoms. The van der Waals surface area contributed by atoms with E-state index in [1.807, 2.05) is 0 Å². The van der Waals surface area contributed by atoms with E-state index in [0.717, 1.165) is 0 Å². The molecule has 112 valence electrons. The van der Waals surface area contributed by atoms with Crippen molar-refractivity contribution in [2.45, 2.75) is 83.5 Å². The minimum Gasteiger partial charge on any atom is -0.311 e. The molecule has 0 aromatic carbocycles. The molecule has 0 amide bonds. The van der Waals surface area contributed by atoms with Gasteiger partial charge in [-0.05, 0) is 56.8 Å². The van der Waals surface area contributed by atoms with Crippen molar-refractivity contribution in [3.8, 4) is 0 Å². The molecule has 0 unspecified atom stereocenters. The highest BCUT2D eigenvalue weighted by Gasteiger charge is 2.41. The lowest BCUT2D eigenvalue weighted by molar-refractivity contribution is -0.182. The van der Waals surface area contributed by atoms with E-state index in [0.29, 0.717) is 43.2 Å². The first-order valence-corrected chi connectivity index (χ1v) is 7.59. The van der Waals surface area contributed by atoms with Crippen molar-refractivity contribution in [1.82, 2.24) is 5.32 Å². The van der Waals surface area contributed by atoms with Gasteiger partial charge in [0.1, 0.15) is 0 Å². The lowest BCUT2D eigenvalue weighted by atomic mass is 9.75. The van der Waals surface area contributed by atoms with Gasteiger partial charge < -0.3 is 5.32 Å². The van der Waals surface area contributed by atoms with E-state index < -0.39 is 12.1 Å². The van der Waals surface area contributed by atoms with Gasteiger partial charge in [0.15, 0.2) is 0 Å². The molecule has 1 nitrogen and oxygen atoms in total. The van der Waals surface area contributed by atoms with E-state index in [2.05, 4.69) is 19.2 Å². The predicted octanol–water partition coefficient (Wildman–Crippen LogP) is 4.67. The van der Waals surface area contributed by atoms with Gasteiger partial charge in [-0.15, -0.1) is 0 Å². The number of hydrogen-bond acceptors (Lipinski definition) is 1. The van der Waals surface area contributed by atoms with Crippen LogP contribution in [0.1, 0.15) is 65.2 Å². The maximum Gasteiger partial charge on any atom is 0.391 e. The van der Waals surface area contributed by atoms with Crippen LogP contribution in [0.2, 0.25) is 0 Å². The Morgan fingerprint density at radius 1 is 0.842 bits per heavy atom. The molecular formula is C15H26F3N. The Bertz CT molecular complexity index is 280. The summed E-state index contributed by atoms with van der Waals surface area (Å²) in [6.45, 7) is 4.61. The van der Waals surface area contributed by atoms with Crippen LogP contribution < -0.4 is 5.32 Å². The van der Waals surface area contributed by atoms with Crippen LogP contribution in [0.15, 0.2) is 0 Å². The second-order valence-corrected chi connectivity index (χ2v) is 7.20. The maximum absolute atomic E-state index is 12.6. The SMILES string of the molecule is CC1(C)CCC(NC2CCC(C(F)(F)F)CC2)CC1. The third-order valence-electron chi connectivity index (χ3n) is 5.00. The van der Waals surface area contributed by atoms with Crippen LogP contribution in [-0.2, 0) is 0 Å². The average molecular weight is 277 g/mol. The summed E-state index contributed by atoms with van der Waals surface area (Å²) in [5.74, 6) is -1.06. The van der Waals surface area contributed by atoms with Crippen molar-refractivity contribution in [1.29, 1.82) is 0 Å². The molecule has 0 radical (unpaired) electrons. The molecule has 19 heavy (non-hydrogen) atoms. The summed E-state index contributed by atoms with van der Waals surface area (Å²) in [4.78, 5) is 0. The van der Waals surface area contributed by atoms with Gasteiger partial charge in [0.2, 0.25) is 0 Å². The summed E-state index contributed by atoms with van der Waals surface area (Å²) in [6, 6.07) is 0.838. The van der Waals surface area contributed by atoms with E-state index in [1.54, 1.807) is 0 Å². The van der Waals surface area contributed by atoms with Crippen LogP contribution in [0.4, 0.5) is 13.2 Å². The van der Waals surface area contributed by atoms with Gasteiger partial charge in [-0.25, -0.2) is 0 Å². The number of halogens is 3. The molecule has 0 aliphatic heterocycles. The van der Waals surface area contributed by atoms with Gasteiger partial charge in [-0.1, -0.05) is 13.8 Å². The Morgan fingerprint density at radius 2 is 1.32 bits per heavy atom. The van der Waals surface area contributed by atoms with Gasteiger partial charge in [0.05, 0.1) is 5.92 Å². The smallest absolute Gasteiger partial charge is 0.311 e. The van der Waals surface area contributed by atoms with Crippen LogP contribution in [0.5, 0.6) is 0 Å². The van der Waals surface area contributed by atoms with E-state index in [-0.39, 0.29) is 0 Å². The van der Waals surface area contributed by atoms with Gasteiger partial charge in [0, 0.05) is 12.1 Å². The Hall–Kier alpha value is -0.250. The quantitative estimate of drug-likeness (QED) is 0.773. The lowest BCUT2D eigenvalue weighted by Gasteiger charge is -2.38. The first-order valence-electron chi connectivity index (χ1n) is 7.59. The monoisotopic (exact) mass is 277 g/mol. The Morgan fingerprint density at radius 3 is 1.79 bits per heavy atom. The first kappa shape index (κ1) is 15.1. The second-order valence-electron chi connectivity index (χ2n) is 7.20. The van der Waals surface area contributed by atoms with Crippen molar-refractivity contribution in [3.05, 3.63) is 0 Å². The lowest BCUT2D eigenvalue weighted by Crippen LogP contribution is -2.44. The summed E-state index contributed by atoms with van der Waals surface area (Å²) in [5.41, 5.74) is 0.451. The van der Waals surface area contributed by atoms with Gasteiger partial charge in [-0.2, -0.15) is 13.2 Å². The van der Waals surface area contributed by atoms with E-state index in [1.165, 1.54) is 25.7 Å². The summed E-state index contributed by atoms with van der Waals surface area (Å²) in [5, 5.41) is 3.60. The second kappa shape index (κ2) is 5.63. The van der Waals surface area contributed by atoms with E-state index in [9.17, 15) is 13.2 Å². The average Bonchev–Trinajstić information content (AvgIpc) is 2.31. The zero-order valence-corrected chi connectivity index (χ0v) is 12.0. The van der Waals surface area contributed by atoms with Crippen LogP contribution in [0.25, 0.3) is 0 Å². The topological polar surface area (TPSA) is 12.0 Å². The maximum atomic E-state index is 12.6. The van der Waals surface area contributed by atoms with Crippen LogP contribution >= 0.6 is 0 Å². The summed E-state index contributed by atoms with van der Waals surface area (Å²) < 4.78 is 37.8. The fraction of sp³-hybridized carbons (Fsp3) is 1.00. The molecule has 0 aromatic rings. The minimum absolute atomic E-state index is 0.305. The van der Waals surface area contributed by atoms with E-state index in [4.69, 9.17) is 0 Å². The molecule has 2 saturated carbocycles. The third-order valence-corrected chi connectivity index (χ3v) is 5.00. The number of nitrogens with one attached hydrogen (secondary N) is 1. The number of rotatable bonds is 2. The molecule has 0 aromatic heterocycles. The standard InChI is InChI=1S/C15H26F3N/c1-14(2)9-7-13(8-10-14)19-12-5-3-11(4-6-12)15(16,17)18/h11-13,19H,3-10H2,1-2H3. The summed E-state index contributed by atoms with van der Waals surface area (Å²) >= 11 is 0.